The number of benzene rings is 2. The smallest absolute Gasteiger partial charge is 0.0425 e. The molecule has 0 fully saturated rings. The van der Waals surface area contributed by atoms with E-state index in [2.05, 4.69) is 120 Å². The van der Waals surface area contributed by atoms with Crippen LogP contribution in [-0.4, -0.2) is 5.54 Å². The monoisotopic (exact) mass is 442 g/mol. The Morgan fingerprint density at radius 1 is 1.15 bits per heavy atom. The molecule has 0 aromatic heterocycles. The maximum Gasteiger partial charge on any atom is 0.0425 e. The molecule has 3 N–H and O–H groups in total. The van der Waals surface area contributed by atoms with E-state index in [1.54, 1.807) is 0 Å². The summed E-state index contributed by atoms with van der Waals surface area (Å²) in [4.78, 5) is 0. The lowest BCUT2D eigenvalue weighted by Crippen LogP contribution is -2.50. The molecule has 3 atom stereocenters. The Morgan fingerprint density at radius 3 is 2.61 bits per heavy atom. The fourth-order valence-electron chi connectivity index (χ4n) is 5.02. The molecule has 2 nitrogen and oxygen atoms in total. The summed E-state index contributed by atoms with van der Waals surface area (Å²) in [5, 5.41) is 3.75. The highest BCUT2D eigenvalue weighted by molar-refractivity contribution is 5.70. The predicted octanol–water partition coefficient (Wildman–Crippen LogP) is 8.32. The van der Waals surface area contributed by atoms with Crippen LogP contribution in [-0.2, 0) is 11.8 Å². The zero-order valence-electron chi connectivity index (χ0n) is 21.4. The van der Waals surface area contributed by atoms with Crippen LogP contribution in [0.15, 0.2) is 72.3 Å². The number of fused-ring (bicyclic) bond motifs is 1. The van der Waals surface area contributed by atoms with E-state index in [0.717, 1.165) is 37.1 Å². The third-order valence-electron chi connectivity index (χ3n) is 7.73. The first kappa shape index (κ1) is 25.1. The summed E-state index contributed by atoms with van der Waals surface area (Å²) in [6.45, 7) is 13.4. The second kappa shape index (κ2) is 10.6. The van der Waals surface area contributed by atoms with Gasteiger partial charge in [0.1, 0.15) is 0 Å². The molecule has 176 valence electrons. The van der Waals surface area contributed by atoms with Gasteiger partial charge in [-0.05, 0) is 80.3 Å². The Bertz CT molecular complexity index is 1040. The molecule has 1 unspecified atom stereocenters. The third kappa shape index (κ3) is 5.50. The summed E-state index contributed by atoms with van der Waals surface area (Å²) < 4.78 is 0. The van der Waals surface area contributed by atoms with Gasteiger partial charge in [-0.25, -0.2) is 0 Å². The van der Waals surface area contributed by atoms with E-state index in [9.17, 15) is 0 Å². The molecule has 0 amide bonds. The number of allylic oxidation sites excluding steroid dienone is 5. The van der Waals surface area contributed by atoms with Crippen LogP contribution in [0.2, 0.25) is 0 Å². The molecule has 1 aliphatic carbocycles. The van der Waals surface area contributed by atoms with Crippen LogP contribution < -0.4 is 11.1 Å². The standard InChI is InChI=1S/C31H42N2/c1-7-14-24(8-2)22-30(5,23(4)31(6,32)9-3)28-17-12-13-18-29(28)33-27-20-19-25-15-10-11-16-26(25)21-27/h7,11-14,16-23,33H,8-10,15,32H2,1-6H3/b14-7-,24-22+/t23-,30?,31+/m1/s1. The Labute approximate surface area is 201 Å². The Hall–Kier alpha value is -2.58. The fraction of sp³-hybridized carbons (Fsp3) is 0.419. The normalized spacial score (nSPS) is 18.5. The lowest BCUT2D eigenvalue weighted by atomic mass is 9.63. The van der Waals surface area contributed by atoms with Crippen LogP contribution in [0.5, 0.6) is 0 Å². The number of para-hydroxylation sites is 1. The van der Waals surface area contributed by atoms with Gasteiger partial charge in [-0.2, -0.15) is 0 Å². The van der Waals surface area contributed by atoms with Crippen molar-refractivity contribution >= 4 is 17.5 Å². The van der Waals surface area contributed by atoms with Crippen LogP contribution in [0.4, 0.5) is 11.4 Å². The molecule has 0 aliphatic heterocycles. The van der Waals surface area contributed by atoms with Crippen molar-refractivity contribution in [1.82, 2.24) is 0 Å². The number of hydrogen-bond donors (Lipinski definition) is 2. The van der Waals surface area contributed by atoms with Gasteiger partial charge in [-0.3, -0.25) is 0 Å². The second-order valence-electron chi connectivity index (χ2n) is 9.96. The summed E-state index contributed by atoms with van der Waals surface area (Å²) >= 11 is 0. The first-order valence-electron chi connectivity index (χ1n) is 12.5. The zero-order chi connectivity index (χ0) is 24.1. The Kier molecular flexibility index (Phi) is 8.02. The van der Waals surface area contributed by atoms with Crippen molar-refractivity contribution < 1.29 is 0 Å². The van der Waals surface area contributed by atoms with E-state index in [1.807, 2.05) is 0 Å². The number of nitrogens with one attached hydrogen (secondary N) is 1. The van der Waals surface area contributed by atoms with Gasteiger partial charge < -0.3 is 11.1 Å². The predicted molar refractivity (Wildman–Crippen MR) is 146 cm³/mol. The first-order chi connectivity index (χ1) is 15.7. The van der Waals surface area contributed by atoms with Crippen molar-refractivity contribution in [2.24, 2.45) is 11.7 Å². The highest BCUT2D eigenvalue weighted by Crippen LogP contribution is 2.44. The molecule has 3 rings (SSSR count). The van der Waals surface area contributed by atoms with Crippen LogP contribution in [0, 0.1) is 5.92 Å². The molecule has 2 aromatic carbocycles. The SMILES string of the molecule is C/C=C\C(=C\C(C)(c1ccccc1Nc1ccc2c(c1)C=CCC2)[C@@H](C)[C@@](C)(N)CC)CC. The van der Waals surface area contributed by atoms with Gasteiger partial charge >= 0.3 is 0 Å². The number of anilines is 2. The molecule has 0 saturated heterocycles. The van der Waals surface area contributed by atoms with Crippen LogP contribution in [0.25, 0.3) is 6.08 Å². The lowest BCUT2D eigenvalue weighted by Gasteiger charge is -2.44. The molecular formula is C31H42N2. The molecule has 0 radical (unpaired) electrons. The highest BCUT2D eigenvalue weighted by Gasteiger charge is 2.41. The fourth-order valence-corrected chi connectivity index (χ4v) is 5.02. The van der Waals surface area contributed by atoms with E-state index < -0.39 is 0 Å². The van der Waals surface area contributed by atoms with Gasteiger partial charge in [0.05, 0.1) is 0 Å². The number of hydrogen-bond acceptors (Lipinski definition) is 2. The zero-order valence-corrected chi connectivity index (χ0v) is 21.4. The minimum atomic E-state index is -0.288. The van der Waals surface area contributed by atoms with Crippen LogP contribution in [0.1, 0.15) is 77.5 Å². The number of aryl methyl sites for hydroxylation is 1. The summed E-state index contributed by atoms with van der Waals surface area (Å²) in [7, 11) is 0. The van der Waals surface area contributed by atoms with Gasteiger partial charge in [-0.1, -0.05) is 87.9 Å². The molecule has 0 heterocycles. The molecule has 0 bridgehead atoms. The van der Waals surface area contributed by atoms with Gasteiger partial charge in [0.2, 0.25) is 0 Å². The topological polar surface area (TPSA) is 38.0 Å². The minimum absolute atomic E-state index is 0.233. The van der Waals surface area contributed by atoms with Crippen molar-refractivity contribution in [3.8, 4) is 0 Å². The Morgan fingerprint density at radius 2 is 1.91 bits per heavy atom. The van der Waals surface area contributed by atoms with E-state index in [-0.39, 0.29) is 16.9 Å². The van der Waals surface area contributed by atoms with Crippen molar-refractivity contribution in [1.29, 1.82) is 0 Å². The molecular weight excluding hydrogens is 400 g/mol. The van der Waals surface area contributed by atoms with Crippen LogP contribution in [0.3, 0.4) is 0 Å². The van der Waals surface area contributed by atoms with Crippen molar-refractivity contribution in [3.63, 3.8) is 0 Å². The summed E-state index contributed by atoms with van der Waals surface area (Å²) in [5.41, 5.74) is 14.0. The highest BCUT2D eigenvalue weighted by atomic mass is 14.9. The quantitative estimate of drug-likeness (QED) is 0.383. The van der Waals surface area contributed by atoms with Crippen LogP contribution >= 0.6 is 0 Å². The lowest BCUT2D eigenvalue weighted by molar-refractivity contribution is 0.224. The molecule has 33 heavy (non-hydrogen) atoms. The van der Waals surface area contributed by atoms with Gasteiger partial charge in [0.15, 0.2) is 0 Å². The summed E-state index contributed by atoms with van der Waals surface area (Å²) in [6, 6.07) is 15.5. The van der Waals surface area contributed by atoms with Gasteiger partial charge in [0.25, 0.3) is 0 Å². The average molecular weight is 443 g/mol. The maximum absolute atomic E-state index is 6.88. The van der Waals surface area contributed by atoms with Gasteiger partial charge in [-0.15, -0.1) is 0 Å². The van der Waals surface area contributed by atoms with E-state index in [0.29, 0.717) is 0 Å². The summed E-state index contributed by atoms with van der Waals surface area (Å²) in [6.07, 6.45) is 15.5. The largest absolute Gasteiger partial charge is 0.355 e. The van der Waals surface area contributed by atoms with Crippen molar-refractivity contribution in [2.75, 3.05) is 5.32 Å². The molecule has 2 heteroatoms. The first-order valence-corrected chi connectivity index (χ1v) is 12.5. The second-order valence-corrected chi connectivity index (χ2v) is 9.96. The van der Waals surface area contributed by atoms with E-state index in [1.165, 1.54) is 22.3 Å². The number of nitrogens with two attached hydrogens (primary N) is 1. The van der Waals surface area contributed by atoms with E-state index in [4.69, 9.17) is 5.73 Å². The Balaban J connectivity index is 2.11. The van der Waals surface area contributed by atoms with Crippen molar-refractivity contribution in [2.45, 2.75) is 78.2 Å². The third-order valence-corrected chi connectivity index (χ3v) is 7.73. The minimum Gasteiger partial charge on any atom is -0.355 e. The number of rotatable bonds is 9. The molecule has 1 aliphatic rings. The maximum atomic E-state index is 6.88. The van der Waals surface area contributed by atoms with E-state index >= 15 is 0 Å². The molecule has 2 aromatic rings. The summed E-state index contributed by atoms with van der Waals surface area (Å²) in [5.74, 6) is 0.233. The van der Waals surface area contributed by atoms with Gasteiger partial charge in [0, 0.05) is 22.3 Å². The van der Waals surface area contributed by atoms with Crippen molar-refractivity contribution in [3.05, 3.63) is 89.0 Å². The average Bonchev–Trinajstić information content (AvgIpc) is 2.83. The molecule has 0 saturated carbocycles. The molecule has 0 spiro atoms.